The molecule has 0 aliphatic rings. The van der Waals surface area contributed by atoms with Crippen LogP contribution in [0.4, 0.5) is 0 Å². The molecule has 2 aromatic rings. The van der Waals surface area contributed by atoms with E-state index >= 15 is 0 Å². The van der Waals surface area contributed by atoms with Gasteiger partial charge in [0.05, 0.1) is 29.8 Å². The summed E-state index contributed by atoms with van der Waals surface area (Å²) in [5.41, 5.74) is 1.55. The van der Waals surface area contributed by atoms with Crippen molar-refractivity contribution < 1.29 is 8.42 Å². The number of aromatic nitrogens is 3. The van der Waals surface area contributed by atoms with Crippen LogP contribution < -0.4 is 0 Å². The van der Waals surface area contributed by atoms with Gasteiger partial charge < -0.3 is 4.57 Å². The molecule has 2 heterocycles. The molecule has 7 heteroatoms. The van der Waals surface area contributed by atoms with Crippen molar-refractivity contribution in [3.05, 3.63) is 36.5 Å². The molecule has 5 nitrogen and oxygen atoms in total. The number of sulfone groups is 1. The van der Waals surface area contributed by atoms with Crippen molar-refractivity contribution in [1.29, 1.82) is 0 Å². The van der Waals surface area contributed by atoms with Crippen molar-refractivity contribution in [2.75, 3.05) is 6.26 Å². The molecule has 0 aliphatic carbocycles. The molecule has 0 amide bonds. The van der Waals surface area contributed by atoms with Gasteiger partial charge in [-0.15, -0.1) is 11.6 Å². The van der Waals surface area contributed by atoms with Crippen molar-refractivity contribution >= 4 is 21.4 Å². The third-order valence-electron chi connectivity index (χ3n) is 2.23. The molecule has 2 rings (SSSR count). The lowest BCUT2D eigenvalue weighted by atomic mass is 10.4. The van der Waals surface area contributed by atoms with Crippen LogP contribution in [0.25, 0.3) is 5.69 Å². The molecule has 0 aliphatic heterocycles. The van der Waals surface area contributed by atoms with Gasteiger partial charge in [0.2, 0.25) is 0 Å². The minimum atomic E-state index is -3.27. The first-order valence-corrected chi connectivity index (χ1v) is 7.18. The van der Waals surface area contributed by atoms with Gasteiger partial charge in [0.15, 0.2) is 14.9 Å². The highest BCUT2D eigenvalue weighted by molar-refractivity contribution is 7.90. The molecular formula is C10H10ClN3O2S. The minimum absolute atomic E-state index is 0.0498. The topological polar surface area (TPSA) is 64.8 Å². The predicted octanol–water partition coefficient (Wildman–Crippen LogP) is 1.41. The smallest absolute Gasteiger partial charge is 0.192 e. The monoisotopic (exact) mass is 271 g/mol. The molecule has 0 atom stereocenters. The fourth-order valence-electron chi connectivity index (χ4n) is 1.39. The predicted molar refractivity (Wildman–Crippen MR) is 64.0 cm³/mol. The molecule has 0 bridgehead atoms. The Morgan fingerprint density at radius 3 is 2.65 bits per heavy atom. The first-order valence-electron chi connectivity index (χ1n) is 4.76. The van der Waals surface area contributed by atoms with Crippen LogP contribution in [0, 0.1) is 0 Å². The molecular weight excluding hydrogens is 262 g/mol. The first kappa shape index (κ1) is 12.1. The molecule has 0 N–H and O–H groups in total. The lowest BCUT2D eigenvalue weighted by Crippen LogP contribution is -2.02. The Kier molecular flexibility index (Phi) is 3.17. The molecule has 17 heavy (non-hydrogen) atoms. The second-order valence-corrected chi connectivity index (χ2v) is 5.75. The zero-order valence-corrected chi connectivity index (χ0v) is 10.6. The summed E-state index contributed by atoms with van der Waals surface area (Å²) in [5.74, 6) is 0.327. The summed E-state index contributed by atoms with van der Waals surface area (Å²) in [6.45, 7) is 0. The fraction of sp³-hybridized carbons (Fsp3) is 0.200. The zero-order chi connectivity index (χ0) is 12.5. The highest BCUT2D eigenvalue weighted by Crippen LogP contribution is 2.14. The highest BCUT2D eigenvalue weighted by Gasteiger charge is 2.09. The first-order chi connectivity index (χ1) is 8.02. The Labute approximate surface area is 104 Å². The van der Waals surface area contributed by atoms with Crippen LogP contribution in [0.15, 0.2) is 35.9 Å². The fourth-order valence-corrected chi connectivity index (χ4v) is 2.15. The van der Waals surface area contributed by atoms with Crippen LogP contribution in [-0.2, 0) is 15.7 Å². The van der Waals surface area contributed by atoms with E-state index in [1.54, 1.807) is 23.2 Å². The molecule has 0 radical (unpaired) electrons. The largest absolute Gasteiger partial charge is 0.301 e. The number of halogens is 1. The number of nitrogens with zero attached hydrogens (tertiary/aromatic N) is 3. The quantitative estimate of drug-likeness (QED) is 0.792. The van der Waals surface area contributed by atoms with E-state index in [-0.39, 0.29) is 5.03 Å². The van der Waals surface area contributed by atoms with Gasteiger partial charge in [-0.25, -0.2) is 18.4 Å². The van der Waals surface area contributed by atoms with E-state index in [2.05, 4.69) is 9.97 Å². The average Bonchev–Trinajstić information content (AvgIpc) is 2.76. The molecule has 0 fully saturated rings. The average molecular weight is 272 g/mol. The third kappa shape index (κ3) is 2.48. The van der Waals surface area contributed by atoms with Gasteiger partial charge in [-0.3, -0.25) is 0 Å². The zero-order valence-electron chi connectivity index (χ0n) is 9.04. The van der Waals surface area contributed by atoms with Crippen molar-refractivity contribution in [3.8, 4) is 5.69 Å². The van der Waals surface area contributed by atoms with Crippen LogP contribution >= 0.6 is 11.6 Å². The maximum absolute atomic E-state index is 11.3. The van der Waals surface area contributed by atoms with E-state index in [1.165, 1.54) is 12.3 Å². The van der Waals surface area contributed by atoms with Crippen molar-refractivity contribution in [3.63, 3.8) is 0 Å². The van der Waals surface area contributed by atoms with E-state index in [0.29, 0.717) is 5.88 Å². The number of alkyl halides is 1. The van der Waals surface area contributed by atoms with Gasteiger partial charge in [0.1, 0.15) is 0 Å². The van der Waals surface area contributed by atoms with E-state index in [1.807, 2.05) is 0 Å². The molecule has 90 valence electrons. The van der Waals surface area contributed by atoms with Crippen LogP contribution in [-0.4, -0.2) is 29.2 Å². The highest BCUT2D eigenvalue weighted by atomic mass is 35.5. The van der Waals surface area contributed by atoms with Gasteiger partial charge in [0.25, 0.3) is 0 Å². The minimum Gasteiger partial charge on any atom is -0.301 e. The van der Waals surface area contributed by atoms with Crippen molar-refractivity contribution in [1.82, 2.24) is 14.5 Å². The lowest BCUT2D eigenvalue weighted by Gasteiger charge is -2.05. The van der Waals surface area contributed by atoms with Gasteiger partial charge in [-0.05, 0) is 12.1 Å². The van der Waals surface area contributed by atoms with E-state index in [4.69, 9.17) is 11.6 Å². The molecule has 0 spiro atoms. The lowest BCUT2D eigenvalue weighted by molar-refractivity contribution is 0.598. The number of pyridine rings is 1. The van der Waals surface area contributed by atoms with E-state index in [9.17, 15) is 8.42 Å². The third-order valence-corrected chi connectivity index (χ3v) is 3.51. The summed E-state index contributed by atoms with van der Waals surface area (Å²) in [7, 11) is -3.27. The SMILES string of the molecule is CS(=O)(=O)c1ccc(-n2cncc2CCl)cn1. The van der Waals surface area contributed by atoms with Crippen molar-refractivity contribution in [2.24, 2.45) is 0 Å². The number of imidazole rings is 1. The molecule has 0 aromatic carbocycles. The molecule has 0 saturated heterocycles. The van der Waals surface area contributed by atoms with Crippen LogP contribution in [0.1, 0.15) is 5.69 Å². The summed E-state index contributed by atoms with van der Waals surface area (Å²) in [6, 6.07) is 3.13. The van der Waals surface area contributed by atoms with Crippen LogP contribution in [0.2, 0.25) is 0 Å². The summed E-state index contributed by atoms with van der Waals surface area (Å²) < 4.78 is 24.3. The Morgan fingerprint density at radius 2 is 2.12 bits per heavy atom. The summed E-state index contributed by atoms with van der Waals surface area (Å²) in [5, 5.41) is 0.0498. The molecule has 0 unspecified atom stereocenters. The molecule has 0 saturated carbocycles. The van der Waals surface area contributed by atoms with Gasteiger partial charge >= 0.3 is 0 Å². The number of hydrogen-bond acceptors (Lipinski definition) is 4. The van der Waals surface area contributed by atoms with Crippen molar-refractivity contribution in [2.45, 2.75) is 10.9 Å². The van der Waals surface area contributed by atoms with E-state index in [0.717, 1.165) is 17.6 Å². The van der Waals surface area contributed by atoms with Crippen LogP contribution in [0.3, 0.4) is 0 Å². The van der Waals surface area contributed by atoms with E-state index < -0.39 is 9.84 Å². The Morgan fingerprint density at radius 1 is 1.35 bits per heavy atom. The maximum atomic E-state index is 11.3. The number of rotatable bonds is 3. The molecule has 2 aromatic heterocycles. The van der Waals surface area contributed by atoms with Gasteiger partial charge in [-0.2, -0.15) is 0 Å². The van der Waals surface area contributed by atoms with Crippen LogP contribution in [0.5, 0.6) is 0 Å². The standard InChI is InChI=1S/C10H10ClN3O2S/c1-17(15,16)10-3-2-8(6-13-10)14-7-12-5-9(14)4-11/h2-3,5-7H,4H2,1H3. The maximum Gasteiger partial charge on any atom is 0.192 e. The number of hydrogen-bond donors (Lipinski definition) is 0. The second-order valence-electron chi connectivity index (χ2n) is 3.52. The summed E-state index contributed by atoms with van der Waals surface area (Å²) >= 11 is 5.75. The normalized spacial score (nSPS) is 11.6. The Bertz CT molecular complexity index is 619. The Hall–Kier alpha value is -1.40. The van der Waals surface area contributed by atoms with Gasteiger partial charge in [-0.1, -0.05) is 0 Å². The Balaban J connectivity index is 2.43. The second kappa shape index (κ2) is 4.46. The summed E-state index contributed by atoms with van der Waals surface area (Å²) in [4.78, 5) is 7.87. The summed E-state index contributed by atoms with van der Waals surface area (Å²) in [6.07, 6.45) is 5.86. The van der Waals surface area contributed by atoms with Gasteiger partial charge in [0, 0.05) is 12.5 Å².